The number of rotatable bonds is 2. The Bertz CT molecular complexity index is 772. The van der Waals surface area contributed by atoms with E-state index in [-0.39, 0.29) is 23.7 Å². The van der Waals surface area contributed by atoms with Gasteiger partial charge in [-0.25, -0.2) is 16.8 Å². The van der Waals surface area contributed by atoms with Crippen LogP contribution >= 0.6 is 15.9 Å². The van der Waals surface area contributed by atoms with Crippen LogP contribution in [-0.2, 0) is 19.9 Å². The Kier molecular flexibility index (Phi) is 4.55. The van der Waals surface area contributed by atoms with Crippen molar-refractivity contribution in [1.29, 1.82) is 0 Å². The molecule has 0 spiro atoms. The molecule has 0 N–H and O–H groups in total. The van der Waals surface area contributed by atoms with Gasteiger partial charge in [0, 0.05) is 17.6 Å². The molecule has 1 heterocycles. The van der Waals surface area contributed by atoms with E-state index >= 15 is 0 Å². The highest BCUT2D eigenvalue weighted by atomic mass is 79.9. The lowest BCUT2D eigenvalue weighted by Crippen LogP contribution is -2.48. The second kappa shape index (κ2) is 5.64. The van der Waals surface area contributed by atoms with E-state index in [0.29, 0.717) is 5.56 Å². The normalized spacial score (nSPS) is 23.1. The first-order valence-corrected chi connectivity index (χ1v) is 10.5. The molecule has 0 radical (unpaired) electrons. The van der Waals surface area contributed by atoms with Crippen LogP contribution in [0.5, 0.6) is 0 Å². The molecule has 0 aromatic heterocycles. The summed E-state index contributed by atoms with van der Waals surface area (Å²) in [7, 11) is -6.84. The lowest BCUT2D eigenvalue weighted by Gasteiger charge is -2.30. The van der Waals surface area contributed by atoms with E-state index in [4.69, 9.17) is 0 Å². The fourth-order valence-corrected chi connectivity index (χ4v) is 6.08. The second-order valence-electron chi connectivity index (χ2n) is 5.41. The average molecular weight is 396 g/mol. The van der Waals surface area contributed by atoms with Crippen LogP contribution in [0.15, 0.2) is 21.5 Å². The molecule has 8 heteroatoms. The second-order valence-corrected chi connectivity index (χ2v) is 10.7. The van der Waals surface area contributed by atoms with Crippen LogP contribution in [0, 0.1) is 13.8 Å². The first kappa shape index (κ1) is 16.9. The van der Waals surface area contributed by atoms with Crippen LogP contribution in [0.3, 0.4) is 0 Å². The van der Waals surface area contributed by atoms with Crippen LogP contribution in [0.2, 0.25) is 0 Å². The third-order valence-electron chi connectivity index (χ3n) is 3.77. The maximum atomic E-state index is 12.7. The molecule has 0 aliphatic carbocycles. The first-order valence-electron chi connectivity index (χ1n) is 6.54. The molecule has 1 aliphatic rings. The lowest BCUT2D eigenvalue weighted by molar-refractivity contribution is 0.407. The fraction of sp³-hybridized carbons (Fsp3) is 0.538. The highest BCUT2D eigenvalue weighted by Crippen LogP contribution is 2.28. The number of nitrogens with zero attached hydrogens (tertiary/aromatic N) is 1. The molecular weight excluding hydrogens is 378 g/mol. The third-order valence-corrected chi connectivity index (χ3v) is 8.76. The van der Waals surface area contributed by atoms with Gasteiger partial charge in [-0.2, -0.15) is 4.31 Å². The Morgan fingerprint density at radius 2 is 1.86 bits per heavy atom. The Balaban J connectivity index is 2.42. The van der Waals surface area contributed by atoms with E-state index < -0.39 is 25.1 Å². The van der Waals surface area contributed by atoms with Crippen molar-refractivity contribution in [3.8, 4) is 0 Å². The Morgan fingerprint density at radius 1 is 1.24 bits per heavy atom. The lowest BCUT2D eigenvalue weighted by atomic mass is 10.2. The van der Waals surface area contributed by atoms with Gasteiger partial charge in [0.05, 0.1) is 15.9 Å². The molecule has 118 valence electrons. The van der Waals surface area contributed by atoms with Crippen LogP contribution in [0.25, 0.3) is 0 Å². The number of benzene rings is 1. The van der Waals surface area contributed by atoms with Gasteiger partial charge in [-0.15, -0.1) is 0 Å². The number of sulfonamides is 1. The van der Waals surface area contributed by atoms with Gasteiger partial charge in [-0.05, 0) is 44.0 Å². The standard InChI is InChI=1S/C13H18BrNO4S2/c1-9-7-13(10(2)6-12(9)14)21(18,19)15-4-5-20(16,17)11(3)8-15/h6-7,11H,4-5,8H2,1-3H3. The van der Waals surface area contributed by atoms with Crippen molar-refractivity contribution in [3.05, 3.63) is 27.7 Å². The Hall–Kier alpha value is -0.440. The number of hydrogen-bond donors (Lipinski definition) is 0. The van der Waals surface area contributed by atoms with Gasteiger partial charge in [-0.3, -0.25) is 0 Å². The molecule has 1 aliphatic heterocycles. The molecule has 1 unspecified atom stereocenters. The minimum Gasteiger partial charge on any atom is -0.228 e. The number of aryl methyl sites for hydroxylation is 2. The molecular formula is C13H18BrNO4S2. The average Bonchev–Trinajstić information content (AvgIpc) is 2.36. The third kappa shape index (κ3) is 3.18. The molecule has 2 rings (SSSR count). The number of halogens is 1. The summed E-state index contributed by atoms with van der Waals surface area (Å²) in [6, 6.07) is 3.40. The highest BCUT2D eigenvalue weighted by Gasteiger charge is 2.36. The monoisotopic (exact) mass is 395 g/mol. The predicted octanol–water partition coefficient (Wildman–Crippen LogP) is 1.87. The topological polar surface area (TPSA) is 71.5 Å². The Labute approximate surface area is 134 Å². The maximum absolute atomic E-state index is 12.7. The van der Waals surface area contributed by atoms with Gasteiger partial charge < -0.3 is 0 Å². The van der Waals surface area contributed by atoms with Gasteiger partial charge in [0.2, 0.25) is 10.0 Å². The van der Waals surface area contributed by atoms with Crippen molar-refractivity contribution in [1.82, 2.24) is 4.31 Å². The van der Waals surface area contributed by atoms with E-state index in [9.17, 15) is 16.8 Å². The zero-order valence-corrected chi connectivity index (χ0v) is 15.3. The van der Waals surface area contributed by atoms with Gasteiger partial charge in [-0.1, -0.05) is 15.9 Å². The van der Waals surface area contributed by atoms with Crippen LogP contribution in [-0.4, -0.2) is 45.2 Å². The van der Waals surface area contributed by atoms with Crippen molar-refractivity contribution in [3.63, 3.8) is 0 Å². The highest BCUT2D eigenvalue weighted by molar-refractivity contribution is 9.10. The van der Waals surface area contributed by atoms with E-state index in [1.54, 1.807) is 26.0 Å². The molecule has 0 saturated carbocycles. The SMILES string of the molecule is Cc1cc(S(=O)(=O)N2CCS(=O)(=O)C(C)C2)c(C)cc1Br. The molecule has 1 fully saturated rings. The quantitative estimate of drug-likeness (QED) is 0.765. The van der Waals surface area contributed by atoms with Crippen molar-refractivity contribution < 1.29 is 16.8 Å². The van der Waals surface area contributed by atoms with Crippen LogP contribution in [0.1, 0.15) is 18.1 Å². The Morgan fingerprint density at radius 3 is 2.43 bits per heavy atom. The van der Waals surface area contributed by atoms with Crippen LogP contribution < -0.4 is 0 Å². The zero-order valence-electron chi connectivity index (χ0n) is 12.1. The summed E-state index contributed by atoms with van der Waals surface area (Å²) in [4.78, 5) is 0.245. The van der Waals surface area contributed by atoms with E-state index in [2.05, 4.69) is 15.9 Å². The van der Waals surface area contributed by atoms with Gasteiger partial charge in [0.25, 0.3) is 0 Å². The summed E-state index contributed by atoms with van der Waals surface area (Å²) in [6.07, 6.45) is 0. The molecule has 21 heavy (non-hydrogen) atoms. The molecule has 5 nitrogen and oxygen atoms in total. The molecule has 1 aromatic rings. The van der Waals surface area contributed by atoms with Gasteiger partial charge >= 0.3 is 0 Å². The molecule has 1 atom stereocenters. The number of sulfone groups is 1. The van der Waals surface area contributed by atoms with Crippen LogP contribution in [0.4, 0.5) is 0 Å². The predicted molar refractivity (Wildman–Crippen MR) is 85.6 cm³/mol. The fourth-order valence-electron chi connectivity index (χ4n) is 2.31. The summed E-state index contributed by atoms with van der Waals surface area (Å²) in [6.45, 7) is 5.15. The van der Waals surface area contributed by atoms with E-state index in [1.807, 2.05) is 6.92 Å². The largest absolute Gasteiger partial charge is 0.243 e. The van der Waals surface area contributed by atoms with E-state index in [0.717, 1.165) is 10.0 Å². The van der Waals surface area contributed by atoms with Gasteiger partial charge in [0.15, 0.2) is 9.84 Å². The van der Waals surface area contributed by atoms with Gasteiger partial charge in [0.1, 0.15) is 0 Å². The summed E-state index contributed by atoms with van der Waals surface area (Å²) < 4.78 is 51.1. The van der Waals surface area contributed by atoms with Crippen molar-refractivity contribution in [2.24, 2.45) is 0 Å². The minimum atomic E-state index is -3.67. The van der Waals surface area contributed by atoms with Crippen molar-refractivity contribution in [2.45, 2.75) is 30.9 Å². The minimum absolute atomic E-state index is 0.0131. The molecule has 1 saturated heterocycles. The number of hydrogen-bond acceptors (Lipinski definition) is 4. The van der Waals surface area contributed by atoms with Crippen molar-refractivity contribution in [2.75, 3.05) is 18.8 Å². The molecule has 1 aromatic carbocycles. The van der Waals surface area contributed by atoms with E-state index in [1.165, 1.54) is 4.31 Å². The molecule has 0 amide bonds. The summed E-state index contributed by atoms with van der Waals surface area (Å²) in [5, 5.41) is -0.669. The van der Waals surface area contributed by atoms with Crippen molar-refractivity contribution >= 4 is 35.8 Å². The zero-order chi connectivity index (χ0) is 16.0. The maximum Gasteiger partial charge on any atom is 0.243 e. The summed E-state index contributed by atoms with van der Waals surface area (Å²) in [5.74, 6) is -0.123. The first-order chi connectivity index (χ1) is 9.55. The smallest absolute Gasteiger partial charge is 0.228 e. The molecule has 0 bridgehead atoms. The summed E-state index contributed by atoms with van der Waals surface area (Å²) in [5.41, 5.74) is 1.48. The summed E-state index contributed by atoms with van der Waals surface area (Å²) >= 11 is 3.38.